The molecule has 1 aromatic carbocycles. The molecule has 3 aromatic heterocycles. The molecule has 4 aromatic rings. The number of benzene rings is 1. The smallest absolute Gasteiger partial charge is 0.279 e. The maximum Gasteiger partial charge on any atom is 0.279 e. The van der Waals surface area contributed by atoms with E-state index in [1.807, 2.05) is 6.20 Å². The van der Waals surface area contributed by atoms with Crippen molar-refractivity contribution in [3.63, 3.8) is 0 Å². The molecule has 0 saturated carbocycles. The Bertz CT molecular complexity index is 1290. The van der Waals surface area contributed by atoms with E-state index in [-0.39, 0.29) is 11.6 Å². The van der Waals surface area contributed by atoms with Crippen LogP contribution in [0.5, 0.6) is 0 Å². The van der Waals surface area contributed by atoms with Crippen molar-refractivity contribution in [1.29, 1.82) is 0 Å². The zero-order valence-corrected chi connectivity index (χ0v) is 16.8. The lowest BCUT2D eigenvalue weighted by Gasteiger charge is -2.15. The first-order chi connectivity index (χ1) is 14.6. The number of aromatic nitrogens is 6. The molecule has 1 fully saturated rings. The molecule has 1 saturated heterocycles. The Hall–Kier alpha value is -3.11. The van der Waals surface area contributed by atoms with Gasteiger partial charge in [-0.1, -0.05) is 5.21 Å². The van der Waals surface area contributed by atoms with Crippen LogP contribution in [0.15, 0.2) is 35.5 Å². The molecule has 9 nitrogen and oxygen atoms in total. The van der Waals surface area contributed by atoms with Gasteiger partial charge in [0.2, 0.25) is 0 Å². The van der Waals surface area contributed by atoms with Gasteiger partial charge in [0, 0.05) is 13.7 Å². The molecule has 0 aliphatic carbocycles. The Kier molecular flexibility index (Phi) is 4.59. The minimum atomic E-state index is -0.408. The summed E-state index contributed by atoms with van der Waals surface area (Å²) in [5, 5.41) is 8.58. The molecule has 1 aliphatic rings. The summed E-state index contributed by atoms with van der Waals surface area (Å²) in [6, 6.07) is 4.59. The maximum absolute atomic E-state index is 13.9. The molecule has 1 atom stereocenters. The molecule has 0 N–H and O–H groups in total. The largest absolute Gasteiger partial charge is 0.383 e. The molecule has 0 bridgehead atoms. The van der Waals surface area contributed by atoms with E-state index in [1.54, 1.807) is 28.6 Å². The van der Waals surface area contributed by atoms with Crippen molar-refractivity contribution >= 4 is 16.6 Å². The number of halogens is 1. The fourth-order valence-corrected chi connectivity index (χ4v) is 4.26. The highest BCUT2D eigenvalue weighted by Gasteiger charge is 2.26. The average molecular weight is 411 g/mol. The number of imidazole rings is 1. The van der Waals surface area contributed by atoms with Crippen molar-refractivity contribution in [3.8, 4) is 5.82 Å². The second-order valence-corrected chi connectivity index (χ2v) is 7.60. The van der Waals surface area contributed by atoms with Crippen LogP contribution >= 0.6 is 0 Å². The normalized spacial score (nSPS) is 17.5. The average Bonchev–Trinajstić information content (AvgIpc) is 3.46. The third-order valence-electron chi connectivity index (χ3n) is 5.79. The first kappa shape index (κ1) is 18.9. The molecular formula is C20H22FN7O2. The van der Waals surface area contributed by atoms with Gasteiger partial charge in [-0.3, -0.25) is 14.1 Å². The Labute approximate surface area is 171 Å². The second-order valence-electron chi connectivity index (χ2n) is 7.60. The van der Waals surface area contributed by atoms with Crippen LogP contribution in [0, 0.1) is 5.82 Å². The molecule has 10 heteroatoms. The van der Waals surface area contributed by atoms with Crippen LogP contribution in [-0.4, -0.2) is 61.2 Å². The van der Waals surface area contributed by atoms with Crippen molar-refractivity contribution < 1.29 is 9.13 Å². The number of rotatable bonds is 5. The van der Waals surface area contributed by atoms with Gasteiger partial charge in [-0.05, 0) is 44.6 Å². The summed E-state index contributed by atoms with van der Waals surface area (Å²) in [7, 11) is 3.63. The Morgan fingerprint density at radius 2 is 2.17 bits per heavy atom. The molecule has 4 heterocycles. The van der Waals surface area contributed by atoms with E-state index >= 15 is 0 Å². The molecule has 0 amide bonds. The van der Waals surface area contributed by atoms with E-state index in [0.29, 0.717) is 35.5 Å². The lowest BCUT2D eigenvalue weighted by molar-refractivity contribution is 0.187. The summed E-state index contributed by atoms with van der Waals surface area (Å²) in [5.41, 5.74) is 2.10. The third kappa shape index (κ3) is 2.91. The fraction of sp³-hybridized carbons (Fsp3) is 0.400. The topological polar surface area (TPSA) is 82.5 Å². The Morgan fingerprint density at radius 3 is 2.93 bits per heavy atom. The summed E-state index contributed by atoms with van der Waals surface area (Å²) in [5.74, 6) is -0.00820. The van der Waals surface area contributed by atoms with Gasteiger partial charge in [-0.2, -0.15) is 4.68 Å². The Balaban J connectivity index is 1.70. The van der Waals surface area contributed by atoms with Gasteiger partial charge >= 0.3 is 0 Å². The van der Waals surface area contributed by atoms with E-state index < -0.39 is 5.82 Å². The van der Waals surface area contributed by atoms with Gasteiger partial charge in [0.05, 0.1) is 29.9 Å². The van der Waals surface area contributed by atoms with Crippen molar-refractivity contribution in [2.75, 3.05) is 27.3 Å². The van der Waals surface area contributed by atoms with E-state index in [9.17, 15) is 9.18 Å². The fourth-order valence-electron chi connectivity index (χ4n) is 4.26. The van der Waals surface area contributed by atoms with Crippen molar-refractivity contribution in [3.05, 3.63) is 52.6 Å². The lowest BCUT2D eigenvalue weighted by Crippen LogP contribution is -2.25. The number of hydrogen-bond acceptors (Lipinski definition) is 6. The van der Waals surface area contributed by atoms with Crippen LogP contribution in [0.2, 0.25) is 0 Å². The van der Waals surface area contributed by atoms with Crippen LogP contribution in [0.3, 0.4) is 0 Å². The number of hydrogen-bond donors (Lipinski definition) is 0. The highest BCUT2D eigenvalue weighted by molar-refractivity contribution is 5.81. The van der Waals surface area contributed by atoms with Crippen LogP contribution < -0.4 is 5.56 Å². The summed E-state index contributed by atoms with van der Waals surface area (Å²) >= 11 is 0. The number of nitrogens with zero attached hydrogens (tertiary/aromatic N) is 7. The summed E-state index contributed by atoms with van der Waals surface area (Å²) in [6.45, 7) is 1.65. The standard InChI is InChI=1S/C20H22FN7O2/c1-25-7-3-4-15(25)14-11-28(24-23-14)19-18-20(29)26(8-9-30-2)17-10-13(21)5-6-16(17)27(18)12-22-19/h5-6,10-12,15H,3-4,7-9H2,1-2H3. The number of methoxy groups -OCH3 is 1. The van der Waals surface area contributed by atoms with E-state index in [0.717, 1.165) is 25.1 Å². The van der Waals surface area contributed by atoms with Crippen LogP contribution in [-0.2, 0) is 11.3 Å². The summed E-state index contributed by atoms with van der Waals surface area (Å²) < 4.78 is 23.8. The predicted molar refractivity (Wildman–Crippen MR) is 108 cm³/mol. The number of likely N-dealkylation sites (tertiary alicyclic amines) is 1. The van der Waals surface area contributed by atoms with E-state index in [4.69, 9.17) is 4.74 Å². The first-order valence-corrected chi connectivity index (χ1v) is 9.89. The second kappa shape index (κ2) is 7.29. The number of ether oxygens (including phenoxy) is 1. The van der Waals surface area contributed by atoms with Crippen LogP contribution in [0.25, 0.3) is 22.4 Å². The molecule has 0 radical (unpaired) electrons. The van der Waals surface area contributed by atoms with Gasteiger partial charge in [-0.25, -0.2) is 9.37 Å². The molecular weight excluding hydrogens is 389 g/mol. The van der Waals surface area contributed by atoms with Crippen molar-refractivity contribution in [2.24, 2.45) is 0 Å². The quantitative estimate of drug-likeness (QED) is 0.498. The van der Waals surface area contributed by atoms with E-state index in [1.165, 1.54) is 16.7 Å². The van der Waals surface area contributed by atoms with Gasteiger partial charge in [0.1, 0.15) is 17.8 Å². The minimum Gasteiger partial charge on any atom is -0.383 e. The minimum absolute atomic E-state index is 0.217. The third-order valence-corrected chi connectivity index (χ3v) is 5.79. The predicted octanol–water partition coefficient (Wildman–Crippen LogP) is 1.78. The zero-order valence-electron chi connectivity index (χ0n) is 16.8. The van der Waals surface area contributed by atoms with Crippen LogP contribution in [0.1, 0.15) is 24.6 Å². The van der Waals surface area contributed by atoms with Crippen molar-refractivity contribution in [2.45, 2.75) is 25.4 Å². The van der Waals surface area contributed by atoms with Crippen LogP contribution in [0.4, 0.5) is 4.39 Å². The molecule has 5 rings (SSSR count). The van der Waals surface area contributed by atoms with Crippen molar-refractivity contribution in [1.82, 2.24) is 33.8 Å². The lowest BCUT2D eigenvalue weighted by atomic mass is 10.2. The Morgan fingerprint density at radius 1 is 1.30 bits per heavy atom. The molecule has 156 valence electrons. The molecule has 30 heavy (non-hydrogen) atoms. The molecule has 0 spiro atoms. The maximum atomic E-state index is 13.9. The SMILES string of the molecule is COCCn1c(=O)c2c(-n3cc(C4CCCN4C)nn3)ncn2c2ccc(F)cc21. The highest BCUT2D eigenvalue weighted by atomic mass is 19.1. The first-order valence-electron chi connectivity index (χ1n) is 9.89. The van der Waals surface area contributed by atoms with E-state index in [2.05, 4.69) is 27.2 Å². The number of fused-ring (bicyclic) bond motifs is 3. The summed E-state index contributed by atoms with van der Waals surface area (Å²) in [6.07, 6.45) is 5.55. The van der Waals surface area contributed by atoms with Gasteiger partial charge < -0.3 is 9.30 Å². The summed E-state index contributed by atoms with van der Waals surface area (Å²) in [4.78, 5) is 20.1. The van der Waals surface area contributed by atoms with Gasteiger partial charge in [0.25, 0.3) is 5.56 Å². The van der Waals surface area contributed by atoms with Gasteiger partial charge in [0.15, 0.2) is 11.3 Å². The highest BCUT2D eigenvalue weighted by Crippen LogP contribution is 2.29. The molecule has 1 unspecified atom stereocenters. The molecule has 1 aliphatic heterocycles. The monoisotopic (exact) mass is 411 g/mol. The van der Waals surface area contributed by atoms with Gasteiger partial charge in [-0.15, -0.1) is 5.10 Å². The zero-order chi connectivity index (χ0) is 20.8.